The third kappa shape index (κ3) is 3.16. The molecule has 0 aliphatic heterocycles. The van der Waals surface area contributed by atoms with Gasteiger partial charge >= 0.3 is 0 Å². The second kappa shape index (κ2) is 5.36. The summed E-state index contributed by atoms with van der Waals surface area (Å²) < 4.78 is 4.46. The fourth-order valence-electron chi connectivity index (χ4n) is 1.08. The van der Waals surface area contributed by atoms with E-state index >= 15 is 0 Å². The molecule has 1 aromatic rings. The maximum atomic E-state index is 11.3. The number of carbonyl (C=O) groups excluding carboxylic acids is 1. The highest BCUT2D eigenvalue weighted by molar-refractivity contribution is 5.89. The molecule has 0 unspecified atom stereocenters. The molecule has 5 nitrogen and oxygen atoms in total. The zero-order valence-corrected chi connectivity index (χ0v) is 8.54. The van der Waals surface area contributed by atoms with E-state index in [1.54, 1.807) is 6.92 Å². The molecule has 0 aliphatic rings. The summed E-state index contributed by atoms with van der Waals surface area (Å²) in [5, 5.41) is 9.77. The van der Waals surface area contributed by atoms with Gasteiger partial charge in [0.05, 0.1) is 0 Å². The maximum absolute atomic E-state index is 11.3. The Kier molecular flexibility index (Phi) is 4.10. The Morgan fingerprint density at radius 2 is 2.21 bits per heavy atom. The predicted molar refractivity (Wildman–Crippen MR) is 51.8 cm³/mol. The first kappa shape index (κ1) is 10.7. The van der Waals surface area contributed by atoms with Crippen molar-refractivity contribution in [3.8, 4) is 0 Å². The van der Waals surface area contributed by atoms with Crippen molar-refractivity contribution in [2.75, 3.05) is 5.32 Å². The summed E-state index contributed by atoms with van der Waals surface area (Å²) in [4.78, 5) is 11.3. The van der Waals surface area contributed by atoms with E-state index in [-0.39, 0.29) is 5.91 Å². The molecule has 0 radical (unpaired) electrons. The Morgan fingerprint density at radius 3 is 2.79 bits per heavy atom. The first-order valence-corrected chi connectivity index (χ1v) is 4.83. The molecule has 0 saturated heterocycles. The molecule has 0 bridgehead atoms. The number of nitrogens with one attached hydrogen (secondary N) is 1. The molecule has 1 aromatic heterocycles. The molecule has 0 aromatic carbocycles. The van der Waals surface area contributed by atoms with Crippen LogP contribution in [0.15, 0.2) is 4.63 Å². The largest absolute Gasteiger partial charge is 0.306 e. The van der Waals surface area contributed by atoms with Crippen LogP contribution >= 0.6 is 0 Å². The number of aryl methyl sites for hydroxylation is 1. The molecular formula is C9H15N3O2. The fourth-order valence-corrected chi connectivity index (χ4v) is 1.08. The van der Waals surface area contributed by atoms with Gasteiger partial charge in [-0.15, -0.1) is 0 Å². The lowest BCUT2D eigenvalue weighted by Crippen LogP contribution is -2.12. The summed E-state index contributed by atoms with van der Waals surface area (Å²) in [5.41, 5.74) is 0.605. The molecule has 1 rings (SSSR count). The summed E-state index contributed by atoms with van der Waals surface area (Å²) >= 11 is 0. The van der Waals surface area contributed by atoms with Crippen molar-refractivity contribution in [1.82, 2.24) is 10.3 Å². The minimum atomic E-state index is -0.0303. The van der Waals surface area contributed by atoms with Crippen molar-refractivity contribution in [3.63, 3.8) is 0 Å². The van der Waals surface area contributed by atoms with E-state index in [1.165, 1.54) is 0 Å². The number of aromatic nitrogens is 2. The Balaban J connectivity index is 2.31. The van der Waals surface area contributed by atoms with Crippen LogP contribution in [0.25, 0.3) is 0 Å². The number of hydrogen-bond donors (Lipinski definition) is 1. The molecular weight excluding hydrogens is 182 g/mol. The molecule has 1 N–H and O–H groups in total. The summed E-state index contributed by atoms with van der Waals surface area (Å²) in [6, 6.07) is 0. The monoisotopic (exact) mass is 197 g/mol. The van der Waals surface area contributed by atoms with Gasteiger partial charge in [0.2, 0.25) is 5.91 Å². The fraction of sp³-hybridized carbons (Fsp3) is 0.667. The van der Waals surface area contributed by atoms with E-state index in [2.05, 4.69) is 27.2 Å². The van der Waals surface area contributed by atoms with Crippen LogP contribution in [0.4, 0.5) is 5.82 Å². The number of rotatable bonds is 5. The molecule has 0 atom stereocenters. The second-order valence-corrected chi connectivity index (χ2v) is 3.20. The Morgan fingerprint density at radius 1 is 1.43 bits per heavy atom. The summed E-state index contributed by atoms with van der Waals surface area (Å²) in [6.07, 6.45) is 3.62. The average Bonchev–Trinajstić information content (AvgIpc) is 2.52. The molecule has 5 heteroatoms. The van der Waals surface area contributed by atoms with Crippen LogP contribution in [0.3, 0.4) is 0 Å². The van der Waals surface area contributed by atoms with E-state index < -0.39 is 0 Å². The highest BCUT2D eigenvalue weighted by Gasteiger charge is 2.08. The van der Waals surface area contributed by atoms with Gasteiger partial charge in [-0.25, -0.2) is 4.63 Å². The molecule has 1 heterocycles. The third-order valence-corrected chi connectivity index (χ3v) is 1.92. The van der Waals surface area contributed by atoms with E-state index in [0.717, 1.165) is 19.3 Å². The van der Waals surface area contributed by atoms with Crippen molar-refractivity contribution >= 4 is 11.7 Å². The van der Waals surface area contributed by atoms with Crippen molar-refractivity contribution in [1.29, 1.82) is 0 Å². The Bertz CT molecular complexity index is 296. The first-order chi connectivity index (χ1) is 6.74. The zero-order chi connectivity index (χ0) is 10.4. The van der Waals surface area contributed by atoms with Gasteiger partial charge in [-0.2, -0.15) is 0 Å². The number of anilines is 1. The van der Waals surface area contributed by atoms with Crippen LogP contribution in [0.5, 0.6) is 0 Å². The minimum absolute atomic E-state index is 0.0303. The molecule has 0 aliphatic carbocycles. The van der Waals surface area contributed by atoms with Crippen molar-refractivity contribution in [3.05, 3.63) is 5.69 Å². The molecule has 0 spiro atoms. The SMILES string of the molecule is CCCCCC(=O)Nc1nonc1C. The molecule has 14 heavy (non-hydrogen) atoms. The lowest BCUT2D eigenvalue weighted by Gasteiger charge is -2.00. The first-order valence-electron chi connectivity index (χ1n) is 4.83. The van der Waals surface area contributed by atoms with Gasteiger partial charge < -0.3 is 5.32 Å². The normalized spacial score (nSPS) is 10.1. The van der Waals surface area contributed by atoms with Gasteiger partial charge in [0.15, 0.2) is 5.82 Å². The quantitative estimate of drug-likeness (QED) is 0.732. The predicted octanol–water partition coefficient (Wildman–Crippen LogP) is 1.90. The molecule has 0 saturated carbocycles. The van der Waals surface area contributed by atoms with Gasteiger partial charge in [-0.05, 0) is 18.5 Å². The lowest BCUT2D eigenvalue weighted by atomic mass is 10.2. The Hall–Kier alpha value is -1.39. The highest BCUT2D eigenvalue weighted by atomic mass is 16.6. The van der Waals surface area contributed by atoms with E-state index in [0.29, 0.717) is 17.9 Å². The van der Waals surface area contributed by atoms with Crippen LogP contribution in [-0.4, -0.2) is 16.2 Å². The maximum Gasteiger partial charge on any atom is 0.225 e. The van der Waals surface area contributed by atoms with Crippen LogP contribution in [-0.2, 0) is 4.79 Å². The molecule has 0 fully saturated rings. The van der Waals surface area contributed by atoms with Gasteiger partial charge in [0, 0.05) is 6.42 Å². The van der Waals surface area contributed by atoms with Gasteiger partial charge in [-0.1, -0.05) is 24.9 Å². The topological polar surface area (TPSA) is 68.0 Å². The summed E-state index contributed by atoms with van der Waals surface area (Å²) in [5.74, 6) is 0.392. The van der Waals surface area contributed by atoms with Gasteiger partial charge in [0.1, 0.15) is 5.69 Å². The van der Waals surface area contributed by atoms with Gasteiger partial charge in [-0.3, -0.25) is 4.79 Å². The van der Waals surface area contributed by atoms with Crippen molar-refractivity contribution in [2.24, 2.45) is 0 Å². The highest BCUT2D eigenvalue weighted by Crippen LogP contribution is 2.08. The third-order valence-electron chi connectivity index (χ3n) is 1.92. The number of amides is 1. The molecule has 78 valence electrons. The van der Waals surface area contributed by atoms with Crippen molar-refractivity contribution < 1.29 is 9.42 Å². The van der Waals surface area contributed by atoms with Crippen molar-refractivity contribution in [2.45, 2.75) is 39.5 Å². The minimum Gasteiger partial charge on any atom is -0.306 e. The van der Waals surface area contributed by atoms with E-state index in [4.69, 9.17) is 0 Å². The van der Waals surface area contributed by atoms with Crippen LogP contribution in [0.1, 0.15) is 38.3 Å². The van der Waals surface area contributed by atoms with Crippen LogP contribution in [0.2, 0.25) is 0 Å². The molecule has 1 amide bonds. The number of nitrogens with zero attached hydrogens (tertiary/aromatic N) is 2. The van der Waals surface area contributed by atoms with Gasteiger partial charge in [0.25, 0.3) is 0 Å². The average molecular weight is 197 g/mol. The van der Waals surface area contributed by atoms with Crippen LogP contribution in [0, 0.1) is 6.92 Å². The number of unbranched alkanes of at least 4 members (excludes halogenated alkanes) is 2. The summed E-state index contributed by atoms with van der Waals surface area (Å²) in [7, 11) is 0. The van der Waals surface area contributed by atoms with Crippen LogP contribution < -0.4 is 5.32 Å². The smallest absolute Gasteiger partial charge is 0.225 e. The summed E-state index contributed by atoms with van der Waals surface area (Å²) in [6.45, 7) is 3.84. The standard InChI is InChI=1S/C9H15N3O2/c1-3-4-5-6-8(13)10-9-7(2)11-14-12-9/h3-6H2,1-2H3,(H,10,12,13). The van der Waals surface area contributed by atoms with E-state index in [9.17, 15) is 4.79 Å². The second-order valence-electron chi connectivity index (χ2n) is 3.20. The lowest BCUT2D eigenvalue weighted by molar-refractivity contribution is -0.116. The Labute approximate surface area is 82.8 Å². The number of carbonyl (C=O) groups is 1. The van der Waals surface area contributed by atoms with E-state index in [1.807, 2.05) is 0 Å². The number of hydrogen-bond acceptors (Lipinski definition) is 4. The zero-order valence-electron chi connectivity index (χ0n) is 8.54.